The molecule has 0 bridgehead atoms. The van der Waals surface area contributed by atoms with Gasteiger partial charge < -0.3 is 12.4 Å². The standard InChI is InChI=1S/C12H8N3O2S.ClH/c13-14-9-1-5-11(6-2-9)18-12-7-3-10(4-8-12)15(16)17;/h1-8H;1H/q+1;/p-1. The molecule has 0 amide bonds. The number of nitrogens with zero attached hydrogens (tertiary/aromatic N) is 3. The Balaban J connectivity index is 0.00000180. The Morgan fingerprint density at radius 2 is 1.47 bits per heavy atom. The Morgan fingerprint density at radius 1 is 1.00 bits per heavy atom. The van der Waals surface area contributed by atoms with Crippen molar-refractivity contribution in [1.29, 1.82) is 5.39 Å². The zero-order valence-electron chi connectivity index (χ0n) is 9.56. The summed E-state index contributed by atoms with van der Waals surface area (Å²) in [5.41, 5.74) is 0.567. The Labute approximate surface area is 119 Å². The average molecular weight is 294 g/mol. The van der Waals surface area contributed by atoms with Crippen molar-refractivity contribution < 1.29 is 17.3 Å². The molecule has 0 unspecified atom stereocenters. The molecule has 2 rings (SSSR count). The summed E-state index contributed by atoms with van der Waals surface area (Å²) in [4.78, 5) is 15.0. The molecule has 96 valence electrons. The number of diazo groups is 1. The lowest BCUT2D eigenvalue weighted by Gasteiger charge is -1.99. The maximum atomic E-state index is 10.5. The predicted molar refractivity (Wildman–Crippen MR) is 68.4 cm³/mol. The number of non-ortho nitro benzene ring substituents is 1. The molecule has 0 radical (unpaired) electrons. The topological polar surface area (TPSA) is 71.3 Å². The lowest BCUT2D eigenvalue weighted by Crippen LogP contribution is -3.00. The van der Waals surface area contributed by atoms with Crippen molar-refractivity contribution in [3.63, 3.8) is 0 Å². The fraction of sp³-hybridized carbons (Fsp3) is 0. The molecule has 19 heavy (non-hydrogen) atoms. The molecule has 0 aromatic heterocycles. The van der Waals surface area contributed by atoms with Gasteiger partial charge in [-0.2, -0.15) is 0 Å². The van der Waals surface area contributed by atoms with Gasteiger partial charge >= 0.3 is 5.69 Å². The number of nitro groups is 1. The van der Waals surface area contributed by atoms with E-state index in [0.717, 1.165) is 9.79 Å². The number of nitro benzene ring substituents is 1. The van der Waals surface area contributed by atoms with E-state index in [9.17, 15) is 10.1 Å². The van der Waals surface area contributed by atoms with Gasteiger partial charge in [0.25, 0.3) is 5.69 Å². The van der Waals surface area contributed by atoms with E-state index in [1.807, 2.05) is 12.1 Å². The Morgan fingerprint density at radius 3 is 1.89 bits per heavy atom. The molecular weight excluding hydrogens is 286 g/mol. The van der Waals surface area contributed by atoms with E-state index >= 15 is 0 Å². The molecule has 0 N–H and O–H groups in total. The monoisotopic (exact) mass is 293 g/mol. The Kier molecular flexibility index (Phi) is 5.30. The summed E-state index contributed by atoms with van der Waals surface area (Å²) in [6, 6.07) is 13.4. The smallest absolute Gasteiger partial charge is 0.385 e. The lowest BCUT2D eigenvalue weighted by molar-refractivity contribution is -0.384. The van der Waals surface area contributed by atoms with Crippen LogP contribution in [0, 0.1) is 15.5 Å². The zero-order valence-corrected chi connectivity index (χ0v) is 11.1. The lowest BCUT2D eigenvalue weighted by atomic mass is 10.3. The third-order valence-electron chi connectivity index (χ3n) is 2.24. The zero-order chi connectivity index (χ0) is 13.0. The van der Waals surface area contributed by atoms with Crippen molar-refractivity contribution in [1.82, 2.24) is 0 Å². The minimum Gasteiger partial charge on any atom is -1.00 e. The third kappa shape index (κ3) is 3.95. The normalized spacial score (nSPS) is 9.21. The van der Waals surface area contributed by atoms with Gasteiger partial charge in [-0.1, -0.05) is 11.8 Å². The van der Waals surface area contributed by atoms with Crippen molar-refractivity contribution in [2.45, 2.75) is 9.79 Å². The summed E-state index contributed by atoms with van der Waals surface area (Å²) >= 11 is 1.48. The number of rotatable bonds is 3. The summed E-state index contributed by atoms with van der Waals surface area (Å²) in [7, 11) is 0. The van der Waals surface area contributed by atoms with Gasteiger partial charge in [0.2, 0.25) is 5.39 Å². The van der Waals surface area contributed by atoms with Crippen LogP contribution in [0.3, 0.4) is 0 Å². The van der Waals surface area contributed by atoms with Crippen LogP contribution < -0.4 is 12.4 Å². The van der Waals surface area contributed by atoms with Crippen molar-refractivity contribution in [3.05, 3.63) is 63.6 Å². The van der Waals surface area contributed by atoms with Crippen molar-refractivity contribution in [2.75, 3.05) is 0 Å². The minimum atomic E-state index is -0.425. The van der Waals surface area contributed by atoms with Crippen LogP contribution in [0.4, 0.5) is 11.4 Å². The molecule has 0 saturated heterocycles. The molecule has 0 atom stereocenters. The second-order valence-electron chi connectivity index (χ2n) is 3.45. The second kappa shape index (κ2) is 6.73. The largest absolute Gasteiger partial charge is 1.00 e. The summed E-state index contributed by atoms with van der Waals surface area (Å²) in [6.45, 7) is 0. The van der Waals surface area contributed by atoms with Crippen molar-refractivity contribution in [2.24, 2.45) is 0 Å². The molecule has 0 aliphatic heterocycles. The van der Waals surface area contributed by atoms with E-state index in [1.54, 1.807) is 24.3 Å². The highest BCUT2D eigenvalue weighted by Crippen LogP contribution is 2.30. The Bertz CT molecular complexity index is 608. The van der Waals surface area contributed by atoms with Crippen LogP contribution in [0.2, 0.25) is 0 Å². The second-order valence-corrected chi connectivity index (χ2v) is 4.59. The molecule has 5 nitrogen and oxygen atoms in total. The first-order chi connectivity index (χ1) is 8.69. The molecule has 0 fully saturated rings. The van der Waals surface area contributed by atoms with Gasteiger partial charge in [-0.05, 0) is 24.3 Å². The van der Waals surface area contributed by atoms with Gasteiger partial charge in [0.1, 0.15) is 0 Å². The minimum absolute atomic E-state index is 0. The summed E-state index contributed by atoms with van der Waals surface area (Å²) in [5.74, 6) is 0. The quantitative estimate of drug-likeness (QED) is 0.485. The van der Waals surface area contributed by atoms with Crippen LogP contribution in [0.15, 0.2) is 58.3 Å². The van der Waals surface area contributed by atoms with E-state index in [4.69, 9.17) is 5.39 Å². The highest BCUT2D eigenvalue weighted by atomic mass is 35.5. The fourth-order valence-electron chi connectivity index (χ4n) is 1.35. The van der Waals surface area contributed by atoms with E-state index < -0.39 is 4.92 Å². The molecule has 0 aliphatic rings. The van der Waals surface area contributed by atoms with Gasteiger partial charge in [0, 0.05) is 34.1 Å². The van der Waals surface area contributed by atoms with E-state index in [0.29, 0.717) is 5.69 Å². The maximum Gasteiger partial charge on any atom is 0.385 e. The van der Waals surface area contributed by atoms with Crippen molar-refractivity contribution in [3.8, 4) is 0 Å². The molecule has 0 saturated carbocycles. The highest BCUT2D eigenvalue weighted by molar-refractivity contribution is 7.99. The number of hydrogen-bond donors (Lipinski definition) is 0. The van der Waals surface area contributed by atoms with Crippen LogP contribution in [-0.4, -0.2) is 4.92 Å². The van der Waals surface area contributed by atoms with Crippen LogP contribution in [0.25, 0.3) is 4.98 Å². The van der Waals surface area contributed by atoms with Gasteiger partial charge in [-0.25, -0.2) is 0 Å². The van der Waals surface area contributed by atoms with E-state index in [2.05, 4.69) is 4.98 Å². The molecule has 7 heteroatoms. The molecule has 0 spiro atoms. The first kappa shape index (κ1) is 15.0. The van der Waals surface area contributed by atoms with Crippen LogP contribution in [0.1, 0.15) is 0 Å². The molecule has 0 heterocycles. The van der Waals surface area contributed by atoms with Gasteiger partial charge in [0.15, 0.2) is 4.98 Å². The molecule has 2 aromatic carbocycles. The van der Waals surface area contributed by atoms with Gasteiger partial charge in [-0.15, -0.1) is 0 Å². The first-order valence-corrected chi connectivity index (χ1v) is 5.88. The average Bonchev–Trinajstić information content (AvgIpc) is 2.40. The number of benzene rings is 2. The van der Waals surface area contributed by atoms with Gasteiger partial charge in [0.05, 0.1) is 4.92 Å². The highest BCUT2D eigenvalue weighted by Gasteiger charge is 2.06. The van der Waals surface area contributed by atoms with Crippen LogP contribution in [-0.2, 0) is 0 Å². The first-order valence-electron chi connectivity index (χ1n) is 5.06. The van der Waals surface area contributed by atoms with Crippen LogP contribution in [0.5, 0.6) is 0 Å². The molecular formula is C12H8ClN3O2S. The SMILES string of the molecule is N#[N+]c1ccc(Sc2ccc([N+](=O)[O-])cc2)cc1.[Cl-]. The van der Waals surface area contributed by atoms with Crippen LogP contribution >= 0.6 is 11.8 Å². The predicted octanol–water partition coefficient (Wildman–Crippen LogP) is 1.23. The summed E-state index contributed by atoms with van der Waals surface area (Å²) in [5, 5.41) is 19.1. The number of hydrogen-bond acceptors (Lipinski definition) is 4. The molecule has 2 aromatic rings. The maximum absolute atomic E-state index is 10.5. The van der Waals surface area contributed by atoms with Crippen molar-refractivity contribution >= 4 is 23.1 Å². The van der Waals surface area contributed by atoms with E-state index in [1.165, 1.54) is 23.9 Å². The fourth-order valence-corrected chi connectivity index (χ4v) is 2.17. The summed E-state index contributed by atoms with van der Waals surface area (Å²) in [6.07, 6.45) is 0. The van der Waals surface area contributed by atoms with E-state index in [-0.39, 0.29) is 18.1 Å². The molecule has 0 aliphatic carbocycles. The van der Waals surface area contributed by atoms with Gasteiger partial charge in [-0.3, -0.25) is 10.1 Å². The summed E-state index contributed by atoms with van der Waals surface area (Å²) < 4.78 is 0. The Hall–Kier alpha value is -2.10. The third-order valence-corrected chi connectivity index (χ3v) is 3.25. The number of halogens is 1.